The van der Waals surface area contributed by atoms with Gasteiger partial charge in [-0.3, -0.25) is 4.79 Å². The van der Waals surface area contributed by atoms with Crippen molar-refractivity contribution in [1.29, 1.82) is 0 Å². The highest BCUT2D eigenvalue weighted by atomic mass is 16.1. The number of hydrogen-bond acceptors (Lipinski definition) is 2. The van der Waals surface area contributed by atoms with E-state index in [4.69, 9.17) is 5.73 Å². The smallest absolute Gasteiger partial charge is 0.220 e. The summed E-state index contributed by atoms with van der Waals surface area (Å²) in [5.41, 5.74) is 5.86. The maximum Gasteiger partial charge on any atom is 0.220 e. The fraction of sp³-hybridized carbons (Fsp3) is 0.933. The lowest BCUT2D eigenvalue weighted by molar-refractivity contribution is -0.124. The molecule has 0 saturated heterocycles. The van der Waals surface area contributed by atoms with Crippen LogP contribution in [-0.2, 0) is 4.79 Å². The van der Waals surface area contributed by atoms with Crippen LogP contribution in [0.5, 0.6) is 0 Å². The molecule has 0 heterocycles. The van der Waals surface area contributed by atoms with Crippen LogP contribution in [0.25, 0.3) is 0 Å². The molecule has 0 saturated carbocycles. The minimum atomic E-state index is -0.210. The summed E-state index contributed by atoms with van der Waals surface area (Å²) in [5, 5.41) is 3.13. The summed E-state index contributed by atoms with van der Waals surface area (Å²) in [6.07, 6.45) is 3.44. The molecule has 108 valence electrons. The Labute approximate surface area is 113 Å². The van der Waals surface area contributed by atoms with E-state index >= 15 is 0 Å². The minimum Gasteiger partial charge on any atom is -0.349 e. The van der Waals surface area contributed by atoms with Gasteiger partial charge in [-0.05, 0) is 30.6 Å². The van der Waals surface area contributed by atoms with E-state index in [0.717, 1.165) is 19.3 Å². The van der Waals surface area contributed by atoms with Gasteiger partial charge in [0.25, 0.3) is 0 Å². The van der Waals surface area contributed by atoms with Gasteiger partial charge < -0.3 is 11.1 Å². The Balaban J connectivity index is 4.33. The van der Waals surface area contributed by atoms with Gasteiger partial charge in [-0.25, -0.2) is 0 Å². The van der Waals surface area contributed by atoms with Crippen LogP contribution < -0.4 is 11.1 Å². The maximum absolute atomic E-state index is 12.1. The molecule has 3 N–H and O–H groups in total. The fourth-order valence-corrected chi connectivity index (χ4v) is 2.55. The highest BCUT2D eigenvalue weighted by Crippen LogP contribution is 2.26. The normalized spacial score (nSPS) is 14.4. The van der Waals surface area contributed by atoms with E-state index in [1.165, 1.54) is 0 Å². The number of amides is 1. The average molecular weight is 256 g/mol. The van der Waals surface area contributed by atoms with Crippen LogP contribution in [0.3, 0.4) is 0 Å². The first-order valence-corrected chi connectivity index (χ1v) is 7.19. The van der Waals surface area contributed by atoms with Crippen molar-refractivity contribution in [3.63, 3.8) is 0 Å². The quantitative estimate of drug-likeness (QED) is 0.735. The van der Waals surface area contributed by atoms with Gasteiger partial charge in [0.1, 0.15) is 0 Å². The monoisotopic (exact) mass is 256 g/mol. The van der Waals surface area contributed by atoms with E-state index in [2.05, 4.69) is 46.9 Å². The zero-order chi connectivity index (χ0) is 14.4. The SMILES string of the molecule is CCC(CC)(CN)NC(=O)CC(C)CC(C)(C)C. The molecular weight excluding hydrogens is 224 g/mol. The zero-order valence-electron chi connectivity index (χ0n) is 13.1. The summed E-state index contributed by atoms with van der Waals surface area (Å²) >= 11 is 0. The van der Waals surface area contributed by atoms with E-state index in [1.807, 2.05) is 0 Å². The Morgan fingerprint density at radius 2 is 1.72 bits per heavy atom. The second-order valence-electron chi connectivity index (χ2n) is 6.81. The molecule has 1 unspecified atom stereocenters. The molecule has 0 aromatic heterocycles. The lowest BCUT2D eigenvalue weighted by Crippen LogP contribution is -2.53. The van der Waals surface area contributed by atoms with Gasteiger partial charge in [0.05, 0.1) is 5.54 Å². The fourth-order valence-electron chi connectivity index (χ4n) is 2.55. The van der Waals surface area contributed by atoms with Gasteiger partial charge >= 0.3 is 0 Å². The van der Waals surface area contributed by atoms with Crippen molar-refractivity contribution >= 4 is 5.91 Å². The molecule has 0 aliphatic carbocycles. The molecule has 0 radical (unpaired) electrons. The third kappa shape index (κ3) is 6.39. The summed E-state index contributed by atoms with van der Waals surface area (Å²) in [7, 11) is 0. The Hall–Kier alpha value is -0.570. The van der Waals surface area contributed by atoms with Crippen LogP contribution >= 0.6 is 0 Å². The first-order valence-electron chi connectivity index (χ1n) is 7.19. The van der Waals surface area contributed by atoms with Crippen molar-refractivity contribution in [2.24, 2.45) is 17.1 Å². The van der Waals surface area contributed by atoms with Gasteiger partial charge in [-0.1, -0.05) is 41.5 Å². The topological polar surface area (TPSA) is 55.1 Å². The molecule has 0 aliphatic heterocycles. The Morgan fingerprint density at radius 1 is 1.22 bits per heavy atom. The van der Waals surface area contributed by atoms with E-state index in [0.29, 0.717) is 18.9 Å². The van der Waals surface area contributed by atoms with E-state index in [9.17, 15) is 4.79 Å². The Bertz CT molecular complexity index is 243. The second-order valence-corrected chi connectivity index (χ2v) is 6.81. The van der Waals surface area contributed by atoms with Crippen molar-refractivity contribution < 1.29 is 4.79 Å². The van der Waals surface area contributed by atoms with Crippen LogP contribution in [0.2, 0.25) is 0 Å². The molecule has 1 amide bonds. The van der Waals surface area contributed by atoms with Gasteiger partial charge in [-0.15, -0.1) is 0 Å². The number of nitrogens with one attached hydrogen (secondary N) is 1. The molecule has 3 nitrogen and oxygen atoms in total. The number of carbonyl (C=O) groups excluding carboxylic acids is 1. The highest BCUT2D eigenvalue weighted by Gasteiger charge is 2.27. The lowest BCUT2D eigenvalue weighted by atomic mass is 9.84. The van der Waals surface area contributed by atoms with Crippen molar-refractivity contribution in [2.45, 2.75) is 72.8 Å². The summed E-state index contributed by atoms with van der Waals surface area (Å²) in [4.78, 5) is 12.1. The number of rotatable bonds is 7. The van der Waals surface area contributed by atoms with E-state index in [-0.39, 0.29) is 16.9 Å². The van der Waals surface area contributed by atoms with Gasteiger partial charge in [0, 0.05) is 13.0 Å². The largest absolute Gasteiger partial charge is 0.349 e. The standard InChI is InChI=1S/C15H32N2O/c1-7-15(8-2,11-16)17-13(18)9-12(3)10-14(4,5)6/h12H,7-11,16H2,1-6H3,(H,17,18). The average Bonchev–Trinajstić information content (AvgIpc) is 2.23. The van der Waals surface area contributed by atoms with Gasteiger partial charge in [-0.2, -0.15) is 0 Å². The van der Waals surface area contributed by atoms with Gasteiger partial charge in [0.15, 0.2) is 0 Å². The predicted octanol–water partition coefficient (Wildman–Crippen LogP) is 3.08. The highest BCUT2D eigenvalue weighted by molar-refractivity contribution is 5.77. The van der Waals surface area contributed by atoms with Crippen LogP contribution in [-0.4, -0.2) is 18.0 Å². The molecule has 0 rings (SSSR count). The first-order chi connectivity index (χ1) is 8.18. The minimum absolute atomic E-state index is 0.140. The van der Waals surface area contributed by atoms with Crippen LogP contribution in [0.4, 0.5) is 0 Å². The number of carbonyl (C=O) groups is 1. The summed E-state index contributed by atoms with van der Waals surface area (Å²) in [6.45, 7) is 13.5. The molecule has 0 spiro atoms. The molecule has 18 heavy (non-hydrogen) atoms. The molecule has 3 heteroatoms. The predicted molar refractivity (Wildman–Crippen MR) is 78.4 cm³/mol. The van der Waals surface area contributed by atoms with E-state index in [1.54, 1.807) is 0 Å². The molecule has 0 aromatic carbocycles. The maximum atomic E-state index is 12.1. The van der Waals surface area contributed by atoms with Gasteiger partial charge in [0.2, 0.25) is 5.91 Å². The molecule has 0 aromatic rings. The Kier molecular flexibility index (Phi) is 6.90. The van der Waals surface area contributed by atoms with Crippen molar-refractivity contribution in [1.82, 2.24) is 5.32 Å². The third-order valence-corrected chi connectivity index (χ3v) is 3.64. The second kappa shape index (κ2) is 7.13. The molecule has 1 atom stereocenters. The van der Waals surface area contributed by atoms with E-state index < -0.39 is 0 Å². The van der Waals surface area contributed by atoms with Crippen molar-refractivity contribution in [3.8, 4) is 0 Å². The van der Waals surface area contributed by atoms with Crippen LogP contribution in [0.1, 0.15) is 67.2 Å². The van der Waals surface area contributed by atoms with Crippen molar-refractivity contribution in [3.05, 3.63) is 0 Å². The molecule has 0 aliphatic rings. The first kappa shape index (κ1) is 17.4. The number of nitrogens with two attached hydrogens (primary N) is 1. The number of hydrogen-bond donors (Lipinski definition) is 2. The molecule has 0 bridgehead atoms. The van der Waals surface area contributed by atoms with Crippen LogP contribution in [0.15, 0.2) is 0 Å². The lowest BCUT2D eigenvalue weighted by Gasteiger charge is -2.32. The zero-order valence-corrected chi connectivity index (χ0v) is 13.1. The summed E-state index contributed by atoms with van der Waals surface area (Å²) in [6, 6.07) is 0. The third-order valence-electron chi connectivity index (χ3n) is 3.64. The molecular formula is C15H32N2O. The Morgan fingerprint density at radius 3 is 2.06 bits per heavy atom. The van der Waals surface area contributed by atoms with Crippen molar-refractivity contribution in [2.75, 3.05) is 6.54 Å². The molecule has 0 fully saturated rings. The van der Waals surface area contributed by atoms with Crippen LogP contribution in [0, 0.1) is 11.3 Å². The summed E-state index contributed by atoms with van der Waals surface area (Å²) in [5.74, 6) is 0.551. The summed E-state index contributed by atoms with van der Waals surface area (Å²) < 4.78 is 0.